The van der Waals surface area contributed by atoms with Gasteiger partial charge in [-0.15, -0.1) is 0 Å². The highest BCUT2D eigenvalue weighted by atomic mass is 32.1. The largest absolute Gasteiger partial charge is 0.493 e. The van der Waals surface area contributed by atoms with Gasteiger partial charge in [-0.1, -0.05) is 0 Å². The minimum absolute atomic E-state index is 0.396. The van der Waals surface area contributed by atoms with Gasteiger partial charge in [0.15, 0.2) is 16.6 Å². The van der Waals surface area contributed by atoms with Crippen LogP contribution in [-0.2, 0) is 0 Å². The standard InChI is InChI=1S/C17H22N4O2S/c1-10-9-18-11(2)16(10)12(3)20-21-17(24)19-13-6-7-14(22-4)15(8-13)23-5/h6-9,18H,1-5H3,(H2,19,21,24)/b20-12+. The summed E-state index contributed by atoms with van der Waals surface area (Å²) in [6.07, 6.45) is 1.96. The van der Waals surface area contributed by atoms with Crippen LogP contribution in [0.15, 0.2) is 29.5 Å². The lowest BCUT2D eigenvalue weighted by Gasteiger charge is -2.12. The molecular weight excluding hydrogens is 324 g/mol. The van der Waals surface area contributed by atoms with Gasteiger partial charge in [0.05, 0.1) is 19.9 Å². The van der Waals surface area contributed by atoms with Gasteiger partial charge in [0.2, 0.25) is 0 Å². The first-order valence-electron chi connectivity index (χ1n) is 7.44. The third-order valence-corrected chi connectivity index (χ3v) is 3.80. The maximum Gasteiger partial charge on any atom is 0.191 e. The molecule has 1 aromatic heterocycles. The molecule has 0 aliphatic rings. The van der Waals surface area contributed by atoms with Gasteiger partial charge in [0.25, 0.3) is 0 Å². The van der Waals surface area contributed by atoms with Crippen LogP contribution in [0.1, 0.15) is 23.7 Å². The Morgan fingerprint density at radius 1 is 1.17 bits per heavy atom. The Morgan fingerprint density at radius 2 is 1.88 bits per heavy atom. The van der Waals surface area contributed by atoms with E-state index in [0.29, 0.717) is 16.6 Å². The van der Waals surface area contributed by atoms with Crippen molar-refractivity contribution in [3.63, 3.8) is 0 Å². The number of ether oxygens (including phenoxy) is 2. The molecule has 24 heavy (non-hydrogen) atoms. The number of rotatable bonds is 5. The normalized spacial score (nSPS) is 11.1. The molecule has 0 aliphatic carbocycles. The van der Waals surface area contributed by atoms with E-state index in [1.54, 1.807) is 14.2 Å². The monoisotopic (exact) mass is 346 g/mol. The number of benzene rings is 1. The van der Waals surface area contributed by atoms with Gasteiger partial charge < -0.3 is 19.8 Å². The molecule has 0 saturated carbocycles. The molecule has 0 aliphatic heterocycles. The van der Waals surface area contributed by atoms with Gasteiger partial charge in [0, 0.05) is 29.2 Å². The quantitative estimate of drug-likeness (QED) is 0.440. The van der Waals surface area contributed by atoms with Crippen molar-refractivity contribution in [2.45, 2.75) is 20.8 Å². The third-order valence-electron chi connectivity index (χ3n) is 3.60. The van der Waals surface area contributed by atoms with Crippen LogP contribution in [0, 0.1) is 13.8 Å². The van der Waals surface area contributed by atoms with E-state index >= 15 is 0 Å². The molecule has 0 atom stereocenters. The van der Waals surface area contributed by atoms with Crippen LogP contribution in [-0.4, -0.2) is 30.0 Å². The molecule has 2 rings (SSSR count). The highest BCUT2D eigenvalue weighted by Crippen LogP contribution is 2.29. The lowest BCUT2D eigenvalue weighted by molar-refractivity contribution is 0.355. The molecule has 0 bridgehead atoms. The maximum atomic E-state index is 5.28. The fourth-order valence-corrected chi connectivity index (χ4v) is 2.64. The van der Waals surface area contributed by atoms with E-state index in [9.17, 15) is 0 Å². The number of anilines is 1. The predicted molar refractivity (Wildman–Crippen MR) is 101 cm³/mol. The van der Waals surface area contributed by atoms with Gasteiger partial charge in [-0.3, -0.25) is 5.43 Å². The number of hydrogen-bond acceptors (Lipinski definition) is 4. The summed E-state index contributed by atoms with van der Waals surface area (Å²) in [5.41, 5.74) is 7.83. The smallest absolute Gasteiger partial charge is 0.191 e. The van der Waals surface area contributed by atoms with E-state index in [1.165, 1.54) is 0 Å². The summed E-state index contributed by atoms with van der Waals surface area (Å²) in [5, 5.41) is 7.81. The summed E-state index contributed by atoms with van der Waals surface area (Å²) in [7, 11) is 3.19. The topological polar surface area (TPSA) is 70.7 Å². The van der Waals surface area contributed by atoms with Crippen molar-refractivity contribution in [1.29, 1.82) is 0 Å². The molecule has 0 radical (unpaired) electrons. The zero-order valence-corrected chi connectivity index (χ0v) is 15.3. The summed E-state index contributed by atoms with van der Waals surface area (Å²) in [6, 6.07) is 5.47. The number of aromatic amines is 1. The van der Waals surface area contributed by atoms with Crippen molar-refractivity contribution in [2.24, 2.45) is 5.10 Å². The number of hydrazone groups is 1. The number of H-pyrrole nitrogens is 1. The van der Waals surface area contributed by atoms with Crippen LogP contribution in [0.25, 0.3) is 0 Å². The van der Waals surface area contributed by atoms with E-state index in [0.717, 1.165) is 28.2 Å². The second-order valence-electron chi connectivity index (χ2n) is 5.30. The van der Waals surface area contributed by atoms with Crippen LogP contribution in [0.2, 0.25) is 0 Å². The van der Waals surface area contributed by atoms with Crippen molar-refractivity contribution in [2.75, 3.05) is 19.5 Å². The SMILES string of the molecule is COc1ccc(NC(=S)N/N=C(\C)c2c(C)c[nH]c2C)cc1OC. The number of thiocarbonyl (C=S) groups is 1. The number of aromatic nitrogens is 1. The Balaban J connectivity index is 2.05. The zero-order valence-electron chi connectivity index (χ0n) is 14.5. The molecule has 128 valence electrons. The Morgan fingerprint density at radius 3 is 2.46 bits per heavy atom. The minimum Gasteiger partial charge on any atom is -0.493 e. The highest BCUT2D eigenvalue weighted by molar-refractivity contribution is 7.80. The summed E-state index contributed by atoms with van der Waals surface area (Å²) < 4.78 is 10.5. The molecular formula is C17H22N4O2S. The molecule has 0 unspecified atom stereocenters. The van der Waals surface area contributed by atoms with Crippen LogP contribution in [0.5, 0.6) is 11.5 Å². The van der Waals surface area contributed by atoms with Gasteiger partial charge in [-0.05, 0) is 50.7 Å². The highest BCUT2D eigenvalue weighted by Gasteiger charge is 2.08. The Hall–Kier alpha value is -2.54. The fourth-order valence-electron chi connectivity index (χ4n) is 2.48. The van der Waals surface area contributed by atoms with Crippen LogP contribution in [0.3, 0.4) is 0 Å². The number of hydrogen-bond donors (Lipinski definition) is 3. The second-order valence-corrected chi connectivity index (χ2v) is 5.71. The molecule has 1 heterocycles. The van der Waals surface area contributed by atoms with Crippen molar-refractivity contribution in [3.8, 4) is 11.5 Å². The second kappa shape index (κ2) is 7.83. The number of nitrogens with one attached hydrogen (secondary N) is 3. The van der Waals surface area contributed by atoms with E-state index in [1.807, 2.05) is 45.2 Å². The first-order valence-corrected chi connectivity index (χ1v) is 7.85. The molecule has 0 amide bonds. The molecule has 0 spiro atoms. The van der Waals surface area contributed by atoms with Gasteiger partial charge >= 0.3 is 0 Å². The number of methoxy groups -OCH3 is 2. The lowest BCUT2D eigenvalue weighted by Crippen LogP contribution is -2.25. The molecule has 6 nitrogen and oxygen atoms in total. The van der Waals surface area contributed by atoms with E-state index < -0.39 is 0 Å². The third kappa shape index (κ3) is 4.05. The average molecular weight is 346 g/mol. The number of aryl methyl sites for hydroxylation is 2. The lowest BCUT2D eigenvalue weighted by atomic mass is 10.1. The van der Waals surface area contributed by atoms with Gasteiger partial charge in [-0.25, -0.2) is 0 Å². The Bertz CT molecular complexity index is 748. The van der Waals surface area contributed by atoms with E-state index in [-0.39, 0.29) is 0 Å². The van der Waals surface area contributed by atoms with Crippen LogP contribution >= 0.6 is 12.2 Å². The summed E-state index contributed by atoms with van der Waals surface area (Å²) in [6.45, 7) is 5.99. The molecule has 2 aromatic rings. The van der Waals surface area contributed by atoms with E-state index in [2.05, 4.69) is 20.8 Å². The van der Waals surface area contributed by atoms with Crippen molar-refractivity contribution < 1.29 is 9.47 Å². The molecule has 7 heteroatoms. The summed E-state index contributed by atoms with van der Waals surface area (Å²) >= 11 is 5.28. The Kier molecular flexibility index (Phi) is 5.81. The predicted octanol–water partition coefficient (Wildman–Crippen LogP) is 3.36. The first kappa shape index (κ1) is 17.8. The minimum atomic E-state index is 0.396. The van der Waals surface area contributed by atoms with Crippen molar-refractivity contribution >= 4 is 28.7 Å². The van der Waals surface area contributed by atoms with Gasteiger partial charge in [-0.2, -0.15) is 5.10 Å². The molecule has 1 aromatic carbocycles. The van der Waals surface area contributed by atoms with Crippen LogP contribution in [0.4, 0.5) is 5.69 Å². The Labute approximate surface area is 147 Å². The van der Waals surface area contributed by atoms with Gasteiger partial charge in [0.1, 0.15) is 0 Å². The molecule has 0 saturated heterocycles. The number of nitrogens with zero attached hydrogens (tertiary/aromatic N) is 1. The van der Waals surface area contributed by atoms with Crippen LogP contribution < -0.4 is 20.2 Å². The fraction of sp³-hybridized carbons (Fsp3) is 0.294. The maximum absolute atomic E-state index is 5.28. The summed E-state index contributed by atoms with van der Waals surface area (Å²) in [5.74, 6) is 1.29. The molecule has 0 fully saturated rings. The first-order chi connectivity index (χ1) is 11.5. The van der Waals surface area contributed by atoms with Crippen molar-refractivity contribution in [3.05, 3.63) is 41.2 Å². The van der Waals surface area contributed by atoms with E-state index in [4.69, 9.17) is 21.7 Å². The summed E-state index contributed by atoms with van der Waals surface area (Å²) in [4.78, 5) is 3.19. The van der Waals surface area contributed by atoms with Crippen molar-refractivity contribution in [1.82, 2.24) is 10.4 Å². The average Bonchev–Trinajstić information content (AvgIpc) is 2.91. The zero-order chi connectivity index (χ0) is 17.7. The molecule has 3 N–H and O–H groups in total.